The minimum Gasteiger partial charge on any atom is -0.469 e. The van der Waals surface area contributed by atoms with Gasteiger partial charge in [-0.25, -0.2) is 0 Å². The number of carbonyl (C=O) groups excluding carboxylic acids is 2. The summed E-state index contributed by atoms with van der Waals surface area (Å²) in [6.45, 7) is 0. The van der Waals surface area contributed by atoms with Crippen LogP contribution >= 0.6 is 0 Å². The van der Waals surface area contributed by atoms with Gasteiger partial charge in [0.05, 0.1) is 18.9 Å². The molecule has 6 aliphatic carbocycles. The average Bonchev–Trinajstić information content (AvgIpc) is 2.37. The van der Waals surface area contributed by atoms with Crippen LogP contribution in [0.1, 0.15) is 6.42 Å². The van der Waals surface area contributed by atoms with E-state index in [0.29, 0.717) is 35.5 Å². The normalized spacial score (nSPS) is 64.7. The van der Waals surface area contributed by atoms with Gasteiger partial charge in [0.1, 0.15) is 0 Å². The van der Waals surface area contributed by atoms with Gasteiger partial charge >= 0.3 is 5.97 Å². The molecule has 0 aromatic heterocycles. The average molecular weight is 228 g/mol. The lowest BCUT2D eigenvalue weighted by Crippen LogP contribution is -3.12. The molecule has 0 saturated heterocycles. The third-order valence-corrected chi connectivity index (χ3v) is 6.92. The van der Waals surface area contributed by atoms with Crippen molar-refractivity contribution in [3.63, 3.8) is 0 Å². The number of Topliss-reactive ketones (excluding diaryl/α,β-unsaturated/α-hetero) is 1. The van der Waals surface area contributed by atoms with Crippen LogP contribution in [-0.4, -0.2) is 18.9 Å². The number of carbonyl (C=O) groups is 2. The van der Waals surface area contributed by atoms with Gasteiger partial charge in [-0.05, 0) is 35.5 Å². The zero-order valence-electron chi connectivity index (χ0n) is 9.47. The highest BCUT2D eigenvalue weighted by Crippen LogP contribution is 3.10. The minimum absolute atomic E-state index is 0.0149. The lowest BCUT2D eigenvalue weighted by molar-refractivity contribution is -0.626. The van der Waals surface area contributed by atoms with Crippen molar-refractivity contribution in [1.29, 1.82) is 0 Å². The van der Waals surface area contributed by atoms with E-state index in [1.54, 1.807) is 0 Å². The lowest BCUT2D eigenvalue weighted by Gasteiger charge is -3.09. The smallest absolute Gasteiger partial charge is 0.312 e. The van der Waals surface area contributed by atoms with E-state index in [1.807, 2.05) is 0 Å². The number of rotatable bonds is 3. The molecule has 6 aliphatic rings. The molecule has 0 bridgehead atoms. The van der Waals surface area contributed by atoms with Crippen LogP contribution in [0.4, 0.5) is 0 Å². The molecule has 3 nitrogen and oxygen atoms in total. The van der Waals surface area contributed by atoms with E-state index < -0.39 is 0 Å². The minimum atomic E-state index is -0.132. The molecular formula is C14H12O3. The fourth-order valence-corrected chi connectivity index (χ4v) is 6.92. The van der Waals surface area contributed by atoms with Crippen LogP contribution in [0.3, 0.4) is 0 Å². The van der Waals surface area contributed by atoms with Crippen molar-refractivity contribution in [1.82, 2.24) is 0 Å². The second-order valence-corrected chi connectivity index (χ2v) is 6.32. The summed E-state index contributed by atoms with van der Waals surface area (Å²) < 4.78 is 4.94. The summed E-state index contributed by atoms with van der Waals surface area (Å²) in [5.74, 6) is 5.61. The molecular weight excluding hydrogens is 216 g/mol. The molecule has 0 atom stereocenters. The second kappa shape index (κ2) is 1.94. The van der Waals surface area contributed by atoms with Crippen molar-refractivity contribution in [2.75, 3.05) is 7.11 Å². The third-order valence-electron chi connectivity index (χ3n) is 6.92. The van der Waals surface area contributed by atoms with E-state index in [2.05, 4.69) is 5.92 Å². The van der Waals surface area contributed by atoms with Crippen molar-refractivity contribution >= 4 is 11.8 Å². The van der Waals surface area contributed by atoms with E-state index in [1.165, 1.54) is 7.11 Å². The molecule has 0 aromatic carbocycles. The van der Waals surface area contributed by atoms with Crippen molar-refractivity contribution < 1.29 is 14.3 Å². The monoisotopic (exact) mass is 228 g/mol. The number of hydrogen-bond acceptors (Lipinski definition) is 3. The first kappa shape index (κ1) is 8.74. The molecule has 0 spiro atoms. The number of methoxy groups -OCH3 is 1. The number of ketones is 1. The van der Waals surface area contributed by atoms with E-state index in [9.17, 15) is 9.59 Å². The summed E-state index contributed by atoms with van der Waals surface area (Å²) in [5.41, 5.74) is -0.185. The molecule has 0 aliphatic heterocycles. The largest absolute Gasteiger partial charge is 0.469 e. The van der Waals surface area contributed by atoms with Gasteiger partial charge in [-0.1, -0.05) is 5.92 Å². The highest BCUT2D eigenvalue weighted by molar-refractivity contribution is 6.00. The van der Waals surface area contributed by atoms with Gasteiger partial charge < -0.3 is 4.74 Å². The summed E-state index contributed by atoms with van der Waals surface area (Å²) in [5, 5.41) is 0. The van der Waals surface area contributed by atoms with Gasteiger partial charge in [-0.3, -0.25) is 9.59 Å². The summed E-state index contributed by atoms with van der Waals surface area (Å²) >= 11 is 0. The van der Waals surface area contributed by atoms with Crippen molar-refractivity contribution in [2.45, 2.75) is 6.42 Å². The number of esters is 1. The van der Waals surface area contributed by atoms with E-state index in [-0.39, 0.29) is 29.0 Å². The molecule has 0 N–H and O–H groups in total. The topological polar surface area (TPSA) is 43.4 Å². The SMILES string of the molecule is C#CCC(=O)C12C3C4C1C1C2C3C41C(=O)OC. The first-order valence-electron chi connectivity index (χ1n) is 6.25. The van der Waals surface area contributed by atoms with Gasteiger partial charge in [0.2, 0.25) is 0 Å². The maximum Gasteiger partial charge on any atom is 0.312 e. The lowest BCUT2D eigenvalue weighted by atomic mass is 8.92. The van der Waals surface area contributed by atoms with Crippen LogP contribution in [0.5, 0.6) is 0 Å². The van der Waals surface area contributed by atoms with Gasteiger partial charge in [0, 0.05) is 5.41 Å². The Morgan fingerprint density at radius 2 is 1.59 bits per heavy atom. The molecule has 6 rings (SSSR count). The predicted octanol–water partition coefficient (Wildman–Crippen LogP) is 0.490. The molecule has 86 valence electrons. The highest BCUT2D eigenvalue weighted by atomic mass is 16.5. The summed E-state index contributed by atoms with van der Waals surface area (Å²) in [6.07, 6.45) is 5.52. The molecule has 6 saturated carbocycles. The molecule has 0 unspecified atom stereocenters. The van der Waals surface area contributed by atoms with E-state index >= 15 is 0 Å². The zero-order chi connectivity index (χ0) is 11.7. The summed E-state index contributed by atoms with van der Waals surface area (Å²) in [6, 6.07) is 0. The van der Waals surface area contributed by atoms with Crippen LogP contribution in [-0.2, 0) is 14.3 Å². The Hall–Kier alpha value is -1.30. The second-order valence-electron chi connectivity index (χ2n) is 6.32. The first-order chi connectivity index (χ1) is 8.19. The molecule has 17 heavy (non-hydrogen) atoms. The van der Waals surface area contributed by atoms with Crippen molar-refractivity contribution in [2.24, 2.45) is 46.3 Å². The quantitative estimate of drug-likeness (QED) is 0.521. The Morgan fingerprint density at radius 1 is 1.12 bits per heavy atom. The van der Waals surface area contributed by atoms with Crippen LogP contribution in [0, 0.1) is 58.7 Å². The summed E-state index contributed by atoms with van der Waals surface area (Å²) in [7, 11) is 1.48. The molecule has 0 aromatic rings. The van der Waals surface area contributed by atoms with E-state index in [0.717, 1.165) is 0 Å². The number of hydrogen-bond donors (Lipinski definition) is 0. The Morgan fingerprint density at radius 3 is 2.00 bits per heavy atom. The van der Waals surface area contributed by atoms with Crippen LogP contribution in [0.15, 0.2) is 0 Å². The number of terminal acetylenes is 1. The van der Waals surface area contributed by atoms with Crippen LogP contribution in [0.2, 0.25) is 0 Å². The molecule has 6 fully saturated rings. The van der Waals surface area contributed by atoms with Gasteiger partial charge in [0.15, 0.2) is 5.78 Å². The molecule has 0 radical (unpaired) electrons. The van der Waals surface area contributed by atoms with Gasteiger partial charge in [-0.2, -0.15) is 0 Å². The Bertz CT molecular complexity index is 499. The van der Waals surface area contributed by atoms with Crippen LogP contribution in [0.25, 0.3) is 0 Å². The van der Waals surface area contributed by atoms with Crippen LogP contribution < -0.4 is 0 Å². The maximum atomic E-state index is 12.1. The Labute approximate surface area is 98.9 Å². The van der Waals surface area contributed by atoms with Crippen molar-refractivity contribution in [3.8, 4) is 12.3 Å². The molecule has 0 amide bonds. The number of ether oxygens (including phenoxy) is 1. The summed E-state index contributed by atoms with van der Waals surface area (Å²) in [4.78, 5) is 24.0. The third kappa shape index (κ3) is 0.414. The predicted molar refractivity (Wildman–Crippen MR) is 56.3 cm³/mol. The Kier molecular flexibility index (Phi) is 0.998. The fourth-order valence-electron chi connectivity index (χ4n) is 6.92. The van der Waals surface area contributed by atoms with E-state index in [4.69, 9.17) is 11.2 Å². The molecule has 3 heteroatoms. The standard InChI is InChI=1S/C14H12O3/c1-3-4-5(15)13-6-9-7(13)11-8(13)10(6)14(9,11)12(16)17-2/h1,6-11H,4H2,2H3. The van der Waals surface area contributed by atoms with Gasteiger partial charge in [-0.15, -0.1) is 6.42 Å². The molecule has 0 heterocycles. The Balaban J connectivity index is 1.50. The van der Waals surface area contributed by atoms with Gasteiger partial charge in [0.25, 0.3) is 0 Å². The maximum absolute atomic E-state index is 12.1. The zero-order valence-corrected chi connectivity index (χ0v) is 9.47. The highest BCUT2D eigenvalue weighted by Gasteiger charge is 3.12. The van der Waals surface area contributed by atoms with Crippen molar-refractivity contribution in [3.05, 3.63) is 0 Å². The first-order valence-corrected chi connectivity index (χ1v) is 6.25. The fraction of sp³-hybridized carbons (Fsp3) is 0.714.